The van der Waals surface area contributed by atoms with Crippen LogP contribution in [0.3, 0.4) is 0 Å². The van der Waals surface area contributed by atoms with Gasteiger partial charge in [0.15, 0.2) is 0 Å². The molecule has 2 rings (SSSR count). The molecule has 1 aromatic rings. The van der Waals surface area contributed by atoms with Crippen LogP contribution in [0.25, 0.3) is 0 Å². The Balaban J connectivity index is 1.85. The Labute approximate surface area is 98.5 Å². The highest BCUT2D eigenvalue weighted by Crippen LogP contribution is 2.13. The largest absolute Gasteiger partial charge is 0.459 e. The van der Waals surface area contributed by atoms with Crippen molar-refractivity contribution < 1.29 is 14.3 Å². The minimum atomic E-state index is -0.389. The first kappa shape index (κ1) is 11.4. The van der Waals surface area contributed by atoms with Crippen LogP contribution in [-0.2, 0) is 9.47 Å². The van der Waals surface area contributed by atoms with Gasteiger partial charge in [-0.15, -0.1) is 0 Å². The van der Waals surface area contributed by atoms with Crippen LogP contribution in [0.15, 0.2) is 18.3 Å². The number of hydrogen-bond donors (Lipinski definition) is 0. The average molecular weight is 242 g/mol. The van der Waals surface area contributed by atoms with E-state index in [1.807, 2.05) is 0 Å². The Morgan fingerprint density at radius 2 is 2.50 bits per heavy atom. The number of carbonyl (C=O) groups excluding carboxylic acids is 1. The Kier molecular flexibility index (Phi) is 3.74. The highest BCUT2D eigenvalue weighted by molar-refractivity contribution is 6.29. The molecule has 1 saturated heterocycles. The van der Waals surface area contributed by atoms with E-state index in [-0.39, 0.29) is 12.1 Å². The van der Waals surface area contributed by atoms with Crippen LogP contribution in [0, 0.1) is 0 Å². The molecule has 1 aromatic heterocycles. The van der Waals surface area contributed by atoms with Crippen molar-refractivity contribution in [2.24, 2.45) is 0 Å². The molecule has 0 radical (unpaired) electrons. The van der Waals surface area contributed by atoms with Gasteiger partial charge in [-0.25, -0.2) is 9.78 Å². The van der Waals surface area contributed by atoms with E-state index in [1.165, 1.54) is 6.20 Å². The molecular formula is C11H12ClNO3. The molecule has 0 amide bonds. The van der Waals surface area contributed by atoms with Gasteiger partial charge in [0, 0.05) is 12.8 Å². The molecule has 1 unspecified atom stereocenters. The molecule has 0 spiro atoms. The number of hydrogen-bond acceptors (Lipinski definition) is 4. The molecule has 1 aliphatic rings. The standard InChI is InChI=1S/C11H12ClNO3/c12-10-4-3-8(6-13-10)11(14)16-7-9-2-1-5-15-9/h3-4,6,9H,1-2,5,7H2. The number of pyridine rings is 1. The summed E-state index contributed by atoms with van der Waals surface area (Å²) in [4.78, 5) is 15.4. The van der Waals surface area contributed by atoms with Gasteiger partial charge in [-0.2, -0.15) is 0 Å². The molecule has 1 aliphatic heterocycles. The smallest absolute Gasteiger partial charge is 0.339 e. The first-order valence-electron chi connectivity index (χ1n) is 5.16. The van der Waals surface area contributed by atoms with Crippen molar-refractivity contribution in [2.75, 3.05) is 13.2 Å². The minimum Gasteiger partial charge on any atom is -0.459 e. The Hall–Kier alpha value is -1.13. The maximum Gasteiger partial charge on any atom is 0.339 e. The second-order valence-electron chi connectivity index (χ2n) is 3.60. The van der Waals surface area contributed by atoms with Crippen molar-refractivity contribution >= 4 is 17.6 Å². The van der Waals surface area contributed by atoms with E-state index in [9.17, 15) is 4.79 Å². The van der Waals surface area contributed by atoms with Gasteiger partial charge >= 0.3 is 5.97 Å². The third-order valence-corrected chi connectivity index (χ3v) is 2.61. The van der Waals surface area contributed by atoms with E-state index in [0.717, 1.165) is 19.4 Å². The predicted molar refractivity (Wildman–Crippen MR) is 58.5 cm³/mol. The molecule has 0 bridgehead atoms. The summed E-state index contributed by atoms with van der Waals surface area (Å²) in [6.45, 7) is 1.06. The second-order valence-corrected chi connectivity index (χ2v) is 3.99. The zero-order valence-corrected chi connectivity index (χ0v) is 9.44. The Morgan fingerprint density at radius 1 is 1.62 bits per heavy atom. The van der Waals surface area contributed by atoms with Crippen LogP contribution in [-0.4, -0.2) is 30.3 Å². The monoisotopic (exact) mass is 241 g/mol. The van der Waals surface area contributed by atoms with Gasteiger partial charge in [-0.1, -0.05) is 11.6 Å². The first-order valence-corrected chi connectivity index (χ1v) is 5.54. The molecule has 0 aromatic carbocycles. The number of rotatable bonds is 3. The summed E-state index contributed by atoms with van der Waals surface area (Å²) >= 11 is 5.61. The van der Waals surface area contributed by atoms with Crippen LogP contribution in [0.1, 0.15) is 23.2 Å². The maximum absolute atomic E-state index is 11.6. The van der Waals surface area contributed by atoms with Crippen molar-refractivity contribution in [3.8, 4) is 0 Å². The van der Waals surface area contributed by atoms with Crippen molar-refractivity contribution in [3.05, 3.63) is 29.0 Å². The summed E-state index contributed by atoms with van der Waals surface area (Å²) in [5.74, 6) is -0.389. The molecule has 5 heteroatoms. The summed E-state index contributed by atoms with van der Waals surface area (Å²) in [6.07, 6.45) is 3.43. The maximum atomic E-state index is 11.6. The van der Waals surface area contributed by atoms with Gasteiger partial charge in [-0.05, 0) is 25.0 Å². The van der Waals surface area contributed by atoms with Gasteiger partial charge in [0.2, 0.25) is 0 Å². The molecule has 86 valence electrons. The van der Waals surface area contributed by atoms with E-state index < -0.39 is 0 Å². The van der Waals surface area contributed by atoms with E-state index in [4.69, 9.17) is 21.1 Å². The van der Waals surface area contributed by atoms with Crippen LogP contribution in [0.5, 0.6) is 0 Å². The topological polar surface area (TPSA) is 48.4 Å². The lowest BCUT2D eigenvalue weighted by molar-refractivity contribution is 0.0161. The molecule has 1 atom stereocenters. The van der Waals surface area contributed by atoms with E-state index in [1.54, 1.807) is 12.1 Å². The number of ether oxygens (including phenoxy) is 2. The Bertz CT molecular complexity index is 360. The number of halogens is 1. The molecule has 0 saturated carbocycles. The third-order valence-electron chi connectivity index (χ3n) is 2.39. The van der Waals surface area contributed by atoms with Crippen molar-refractivity contribution in [1.29, 1.82) is 0 Å². The fourth-order valence-electron chi connectivity index (χ4n) is 1.52. The molecule has 0 N–H and O–H groups in total. The summed E-state index contributed by atoms with van der Waals surface area (Å²) in [5.41, 5.74) is 0.405. The van der Waals surface area contributed by atoms with Crippen molar-refractivity contribution in [3.63, 3.8) is 0 Å². The molecule has 2 heterocycles. The molecule has 1 fully saturated rings. The second kappa shape index (κ2) is 5.27. The van der Waals surface area contributed by atoms with Crippen molar-refractivity contribution in [2.45, 2.75) is 18.9 Å². The van der Waals surface area contributed by atoms with Gasteiger partial charge in [0.25, 0.3) is 0 Å². The van der Waals surface area contributed by atoms with E-state index >= 15 is 0 Å². The fourth-order valence-corrected chi connectivity index (χ4v) is 1.64. The van der Waals surface area contributed by atoms with E-state index in [0.29, 0.717) is 17.3 Å². The van der Waals surface area contributed by atoms with Crippen LogP contribution in [0.4, 0.5) is 0 Å². The van der Waals surface area contributed by atoms with Crippen molar-refractivity contribution in [1.82, 2.24) is 4.98 Å². The highest BCUT2D eigenvalue weighted by atomic mass is 35.5. The lowest BCUT2D eigenvalue weighted by Gasteiger charge is -2.09. The zero-order valence-electron chi connectivity index (χ0n) is 8.69. The van der Waals surface area contributed by atoms with Gasteiger partial charge in [0.05, 0.1) is 11.7 Å². The van der Waals surface area contributed by atoms with Crippen LogP contribution < -0.4 is 0 Å². The molecule has 0 aliphatic carbocycles. The highest BCUT2D eigenvalue weighted by Gasteiger charge is 2.18. The molecular weight excluding hydrogens is 230 g/mol. The Morgan fingerprint density at radius 3 is 3.12 bits per heavy atom. The van der Waals surface area contributed by atoms with Gasteiger partial charge in [0.1, 0.15) is 11.8 Å². The molecule has 16 heavy (non-hydrogen) atoms. The molecule has 4 nitrogen and oxygen atoms in total. The summed E-state index contributed by atoms with van der Waals surface area (Å²) in [7, 11) is 0. The minimum absolute atomic E-state index is 0.0456. The zero-order chi connectivity index (χ0) is 11.4. The van der Waals surface area contributed by atoms with E-state index in [2.05, 4.69) is 4.98 Å². The SMILES string of the molecule is O=C(OCC1CCCO1)c1ccc(Cl)nc1. The van der Waals surface area contributed by atoms with Gasteiger partial charge < -0.3 is 9.47 Å². The quantitative estimate of drug-likeness (QED) is 0.601. The lowest BCUT2D eigenvalue weighted by Crippen LogP contribution is -2.17. The lowest BCUT2D eigenvalue weighted by atomic mass is 10.2. The van der Waals surface area contributed by atoms with Crippen LogP contribution >= 0.6 is 11.6 Å². The fraction of sp³-hybridized carbons (Fsp3) is 0.455. The number of esters is 1. The number of carbonyl (C=O) groups is 1. The summed E-state index contributed by atoms with van der Waals surface area (Å²) < 4.78 is 10.4. The third kappa shape index (κ3) is 2.93. The number of aromatic nitrogens is 1. The van der Waals surface area contributed by atoms with Crippen LogP contribution in [0.2, 0.25) is 5.15 Å². The average Bonchev–Trinajstić information content (AvgIpc) is 2.80. The summed E-state index contributed by atoms with van der Waals surface area (Å²) in [5, 5.41) is 0.357. The first-order chi connectivity index (χ1) is 7.75. The predicted octanol–water partition coefficient (Wildman–Crippen LogP) is 2.07. The van der Waals surface area contributed by atoms with Gasteiger partial charge in [-0.3, -0.25) is 0 Å². The number of nitrogens with zero attached hydrogens (tertiary/aromatic N) is 1. The normalized spacial score (nSPS) is 19.7. The summed E-state index contributed by atoms with van der Waals surface area (Å²) in [6, 6.07) is 3.15.